The molecule has 16 heteroatoms. The third-order valence-corrected chi connectivity index (χ3v) is 6.77. The van der Waals surface area contributed by atoms with E-state index in [4.69, 9.17) is 4.74 Å². The largest absolute Gasteiger partial charge is 0.435 e. The number of fused-ring (bicyclic) bond motifs is 1. The number of amides is 1. The van der Waals surface area contributed by atoms with E-state index in [1.165, 1.54) is 24.1 Å². The predicted molar refractivity (Wildman–Crippen MR) is 136 cm³/mol. The summed E-state index contributed by atoms with van der Waals surface area (Å²) in [5.74, 6) is -0.762. The lowest BCUT2D eigenvalue weighted by molar-refractivity contribution is -0.167. The number of alkyl halides is 3. The van der Waals surface area contributed by atoms with E-state index in [9.17, 15) is 27.9 Å². The topological polar surface area (TPSA) is 168 Å². The highest BCUT2D eigenvalue weighted by molar-refractivity contribution is 5.99. The predicted octanol–water partition coefficient (Wildman–Crippen LogP) is 2.16. The molecule has 1 aromatic carbocycles. The summed E-state index contributed by atoms with van der Waals surface area (Å²) in [7, 11) is 0. The maximum atomic E-state index is 13.6. The number of benzene rings is 1. The number of aromatic nitrogens is 8. The molecule has 0 bridgehead atoms. The van der Waals surface area contributed by atoms with E-state index in [-0.39, 0.29) is 35.9 Å². The van der Waals surface area contributed by atoms with Crippen LogP contribution in [-0.4, -0.2) is 69.9 Å². The summed E-state index contributed by atoms with van der Waals surface area (Å²) in [6.07, 6.45) is -0.627. The molecule has 41 heavy (non-hydrogen) atoms. The van der Waals surface area contributed by atoms with Gasteiger partial charge in [-0.2, -0.15) is 23.4 Å². The van der Waals surface area contributed by atoms with Crippen molar-refractivity contribution in [2.24, 2.45) is 0 Å². The maximum absolute atomic E-state index is 13.6. The fraction of sp³-hybridized carbons (Fsp3) is 0.240. The van der Waals surface area contributed by atoms with Gasteiger partial charge >= 0.3 is 6.18 Å². The molecule has 1 aliphatic heterocycles. The van der Waals surface area contributed by atoms with Gasteiger partial charge in [0.2, 0.25) is 0 Å². The fourth-order valence-corrected chi connectivity index (χ4v) is 4.55. The second-order valence-corrected chi connectivity index (χ2v) is 9.40. The van der Waals surface area contributed by atoms with Gasteiger partial charge in [0.1, 0.15) is 11.9 Å². The number of carbonyl (C=O) groups is 1. The number of carbonyl (C=O) groups excluding carboxylic acids is 1. The van der Waals surface area contributed by atoms with Crippen LogP contribution in [-0.2, 0) is 15.7 Å². The van der Waals surface area contributed by atoms with Crippen molar-refractivity contribution in [3.05, 3.63) is 77.0 Å². The first-order valence-electron chi connectivity index (χ1n) is 12.2. The van der Waals surface area contributed by atoms with Crippen LogP contribution in [0.5, 0.6) is 0 Å². The molecule has 6 rings (SSSR count). The molecule has 0 saturated carbocycles. The van der Waals surface area contributed by atoms with Crippen molar-refractivity contribution in [1.29, 1.82) is 0 Å². The van der Waals surface area contributed by atoms with Crippen molar-refractivity contribution in [1.82, 2.24) is 40.1 Å². The molecule has 13 nitrogen and oxygen atoms in total. The lowest BCUT2D eigenvalue weighted by Crippen LogP contribution is -2.58. The fourth-order valence-electron chi connectivity index (χ4n) is 4.55. The first kappa shape index (κ1) is 26.3. The average molecular weight is 567 g/mol. The Bertz CT molecular complexity index is 1820. The standard InChI is InChI=1S/C25H20F3N9O4/c1-24(20(38)21-32-17-3-2-13(14-10-29-30-11-14)8-16(17)22(39)33-21)23(40)36(6-7-41-24)19-4-5-37(35-19)15-9-18(25(26,27)28)34-31-12-15/h2-5,8-12,20,38H,6-7H2,1H3,(H,29,30)(H,32,33,39)/t20?,24-/m1/s1. The minimum atomic E-state index is -4.70. The van der Waals surface area contributed by atoms with Crippen LogP contribution < -0.4 is 10.5 Å². The Morgan fingerprint density at radius 3 is 2.73 bits per heavy atom. The Balaban J connectivity index is 1.28. The van der Waals surface area contributed by atoms with E-state index in [2.05, 4.69) is 35.5 Å². The molecule has 0 aliphatic carbocycles. The van der Waals surface area contributed by atoms with Crippen molar-refractivity contribution in [2.75, 3.05) is 18.1 Å². The number of aromatic amines is 2. The van der Waals surface area contributed by atoms with Crippen LogP contribution in [0.3, 0.4) is 0 Å². The van der Waals surface area contributed by atoms with Gasteiger partial charge < -0.3 is 14.8 Å². The molecular formula is C25H20F3N9O4. The number of ether oxygens (including phenoxy) is 1. The zero-order valence-electron chi connectivity index (χ0n) is 21.1. The second kappa shape index (κ2) is 9.60. The van der Waals surface area contributed by atoms with E-state index in [1.54, 1.807) is 30.6 Å². The van der Waals surface area contributed by atoms with E-state index in [1.807, 2.05) is 0 Å². The number of hydrogen-bond donors (Lipinski definition) is 3. The lowest BCUT2D eigenvalue weighted by Gasteiger charge is -2.40. The molecule has 0 radical (unpaired) electrons. The van der Waals surface area contributed by atoms with Gasteiger partial charge in [-0.05, 0) is 30.7 Å². The van der Waals surface area contributed by atoms with Gasteiger partial charge in [0, 0.05) is 24.0 Å². The number of aliphatic hydroxyl groups is 1. The highest BCUT2D eigenvalue weighted by atomic mass is 19.4. The Morgan fingerprint density at radius 2 is 1.98 bits per heavy atom. The molecule has 1 aliphatic rings. The molecule has 1 fully saturated rings. The quantitative estimate of drug-likeness (QED) is 0.288. The average Bonchev–Trinajstić information content (AvgIpc) is 3.67. The number of rotatable bonds is 5. The van der Waals surface area contributed by atoms with Gasteiger partial charge in [-0.25, -0.2) is 9.67 Å². The number of anilines is 1. The van der Waals surface area contributed by atoms with Crippen LogP contribution in [0.2, 0.25) is 0 Å². The minimum absolute atomic E-state index is 0.00688. The number of hydrogen-bond acceptors (Lipinski definition) is 9. The summed E-state index contributed by atoms with van der Waals surface area (Å²) in [4.78, 5) is 34.7. The molecule has 4 aromatic heterocycles. The van der Waals surface area contributed by atoms with Crippen LogP contribution in [0.15, 0.2) is 59.9 Å². The smallest absolute Gasteiger partial charge is 0.382 e. The van der Waals surface area contributed by atoms with E-state index in [0.29, 0.717) is 5.52 Å². The SMILES string of the molecule is C[C@]1(C(O)c2nc3ccc(-c4cn[nH]c4)cc3c(=O)[nH]2)OCCN(c2ccn(-c3cnnc(C(F)(F)F)c3)n2)C1=O. The molecule has 5 aromatic rings. The Labute approximate surface area is 227 Å². The molecule has 1 unspecified atom stereocenters. The monoisotopic (exact) mass is 567 g/mol. The Kier molecular flexibility index (Phi) is 6.15. The van der Waals surface area contributed by atoms with Gasteiger partial charge in [-0.3, -0.25) is 19.6 Å². The molecule has 5 heterocycles. The summed E-state index contributed by atoms with van der Waals surface area (Å²) in [5.41, 5.74) is -1.81. The summed E-state index contributed by atoms with van der Waals surface area (Å²) in [6.45, 7) is 1.41. The van der Waals surface area contributed by atoms with Crippen molar-refractivity contribution < 1.29 is 27.8 Å². The first-order valence-corrected chi connectivity index (χ1v) is 12.2. The Morgan fingerprint density at radius 1 is 1.15 bits per heavy atom. The maximum Gasteiger partial charge on any atom is 0.435 e. The normalized spacial score (nSPS) is 18.7. The summed E-state index contributed by atoms with van der Waals surface area (Å²) in [6, 6.07) is 7.20. The van der Waals surface area contributed by atoms with Gasteiger partial charge in [0.25, 0.3) is 11.5 Å². The van der Waals surface area contributed by atoms with E-state index in [0.717, 1.165) is 28.1 Å². The molecule has 3 N–H and O–H groups in total. The minimum Gasteiger partial charge on any atom is -0.382 e. The number of morpholine rings is 1. The zero-order valence-corrected chi connectivity index (χ0v) is 21.1. The highest BCUT2D eigenvalue weighted by Crippen LogP contribution is 2.34. The summed E-state index contributed by atoms with van der Waals surface area (Å²) < 4.78 is 46.0. The number of nitrogens with one attached hydrogen (secondary N) is 2. The van der Waals surface area contributed by atoms with Crippen molar-refractivity contribution in [3.8, 4) is 16.8 Å². The number of halogens is 3. The van der Waals surface area contributed by atoms with Crippen LogP contribution in [0, 0.1) is 0 Å². The van der Waals surface area contributed by atoms with E-state index >= 15 is 0 Å². The molecule has 1 amide bonds. The van der Waals surface area contributed by atoms with Gasteiger partial charge in [-0.1, -0.05) is 6.07 Å². The highest BCUT2D eigenvalue weighted by Gasteiger charge is 2.49. The van der Waals surface area contributed by atoms with Crippen LogP contribution in [0.25, 0.3) is 27.7 Å². The van der Waals surface area contributed by atoms with Gasteiger partial charge in [0.15, 0.2) is 17.1 Å². The summed E-state index contributed by atoms with van der Waals surface area (Å²) >= 11 is 0. The van der Waals surface area contributed by atoms with E-state index < -0.39 is 35.0 Å². The lowest BCUT2D eigenvalue weighted by atomic mass is 9.94. The number of H-pyrrole nitrogens is 2. The number of nitrogens with zero attached hydrogens (tertiary/aromatic N) is 7. The zero-order chi connectivity index (χ0) is 28.9. The Hall–Kier alpha value is -4.96. The van der Waals surface area contributed by atoms with Gasteiger partial charge in [0.05, 0.1) is 42.1 Å². The molecule has 0 spiro atoms. The van der Waals surface area contributed by atoms with Crippen LogP contribution in [0.1, 0.15) is 24.5 Å². The molecule has 2 atom stereocenters. The van der Waals surface area contributed by atoms with Crippen molar-refractivity contribution in [3.63, 3.8) is 0 Å². The molecule has 210 valence electrons. The third-order valence-electron chi connectivity index (χ3n) is 6.77. The van der Waals surface area contributed by atoms with Gasteiger partial charge in [-0.15, -0.1) is 10.2 Å². The van der Waals surface area contributed by atoms with Crippen LogP contribution >= 0.6 is 0 Å². The van der Waals surface area contributed by atoms with Crippen LogP contribution in [0.4, 0.5) is 19.0 Å². The third kappa shape index (κ3) is 4.62. The molecular weight excluding hydrogens is 547 g/mol. The molecule has 1 saturated heterocycles. The second-order valence-electron chi connectivity index (χ2n) is 9.40. The first-order chi connectivity index (χ1) is 19.5. The van der Waals surface area contributed by atoms with Crippen molar-refractivity contribution >= 4 is 22.6 Å². The van der Waals surface area contributed by atoms with Crippen molar-refractivity contribution in [2.45, 2.75) is 24.8 Å². The number of aliphatic hydroxyl groups excluding tert-OH is 1. The summed E-state index contributed by atoms with van der Waals surface area (Å²) in [5, 5.41) is 28.8.